The van der Waals surface area contributed by atoms with Crippen LogP contribution in [0.3, 0.4) is 0 Å². The Morgan fingerprint density at radius 3 is 3.16 bits per heavy atom. The van der Waals surface area contributed by atoms with E-state index in [1.807, 2.05) is 0 Å². The van der Waals surface area contributed by atoms with Crippen molar-refractivity contribution in [2.24, 2.45) is 5.92 Å². The number of aromatic amines is 1. The molecule has 0 aliphatic heterocycles. The first-order valence-electron chi connectivity index (χ1n) is 6.51. The fourth-order valence-electron chi connectivity index (χ4n) is 1.86. The monoisotopic (exact) mass is 281 g/mol. The van der Waals surface area contributed by atoms with Gasteiger partial charge in [0.1, 0.15) is 5.82 Å². The maximum Gasteiger partial charge on any atom is 0.226 e. The molecular weight excluding hydrogens is 266 g/mol. The summed E-state index contributed by atoms with van der Waals surface area (Å²) in [6.07, 6.45) is 5.29. The first-order chi connectivity index (χ1) is 9.33. The zero-order chi connectivity index (χ0) is 13.1. The first-order valence-corrected chi connectivity index (χ1v) is 6.89. The van der Waals surface area contributed by atoms with E-state index in [9.17, 15) is 0 Å². The van der Waals surface area contributed by atoms with Gasteiger partial charge in [-0.05, 0) is 36.8 Å². The number of halogens is 1. The summed E-state index contributed by atoms with van der Waals surface area (Å²) in [6, 6.07) is 0. The van der Waals surface area contributed by atoms with Gasteiger partial charge in [0, 0.05) is 19.8 Å². The molecule has 102 valence electrons. The van der Waals surface area contributed by atoms with Crippen LogP contribution >= 0.6 is 11.6 Å². The molecule has 2 heterocycles. The van der Waals surface area contributed by atoms with Gasteiger partial charge in [-0.2, -0.15) is 15.1 Å². The lowest BCUT2D eigenvalue weighted by molar-refractivity contribution is 0.124. The van der Waals surface area contributed by atoms with E-state index < -0.39 is 0 Å². The summed E-state index contributed by atoms with van der Waals surface area (Å²) in [5.74, 6) is 1.53. The van der Waals surface area contributed by atoms with Crippen molar-refractivity contribution in [3.63, 3.8) is 0 Å². The smallest absolute Gasteiger partial charge is 0.226 e. The molecule has 0 unspecified atom stereocenters. The number of nitrogens with one attached hydrogen (secondary N) is 2. The zero-order valence-corrected chi connectivity index (χ0v) is 11.3. The number of nitrogens with zero attached hydrogens (tertiary/aromatic N) is 3. The highest BCUT2D eigenvalue weighted by atomic mass is 35.5. The number of rotatable bonds is 7. The van der Waals surface area contributed by atoms with Crippen molar-refractivity contribution in [3.05, 3.63) is 11.5 Å². The summed E-state index contributed by atoms with van der Waals surface area (Å²) in [6.45, 7) is 2.47. The van der Waals surface area contributed by atoms with Crippen molar-refractivity contribution in [3.8, 4) is 0 Å². The molecule has 0 spiro atoms. The quantitative estimate of drug-likeness (QED) is 0.601. The van der Waals surface area contributed by atoms with Crippen LogP contribution in [-0.4, -0.2) is 39.9 Å². The average molecular weight is 282 g/mol. The standard InChI is InChI=1S/C12H16ClN5O/c13-12-16-10(9-6-15-18-11(9)17-12)14-4-1-5-19-7-8-2-3-8/h6,8H,1-5,7H2,(H2,14,15,16,17,18). The number of ether oxygens (including phenoxy) is 1. The Kier molecular flexibility index (Phi) is 3.79. The Morgan fingerprint density at radius 1 is 1.42 bits per heavy atom. The maximum absolute atomic E-state index is 5.85. The second kappa shape index (κ2) is 5.71. The maximum atomic E-state index is 5.85. The predicted octanol–water partition coefficient (Wildman–Crippen LogP) is 2.23. The van der Waals surface area contributed by atoms with Crippen molar-refractivity contribution in [1.82, 2.24) is 20.2 Å². The molecule has 1 aliphatic rings. The van der Waals surface area contributed by atoms with Crippen LogP contribution in [0.5, 0.6) is 0 Å². The van der Waals surface area contributed by atoms with Gasteiger partial charge in [-0.1, -0.05) is 0 Å². The molecule has 1 saturated carbocycles. The molecule has 1 aliphatic carbocycles. The van der Waals surface area contributed by atoms with Gasteiger partial charge in [-0.25, -0.2) is 0 Å². The van der Waals surface area contributed by atoms with Crippen molar-refractivity contribution < 1.29 is 4.74 Å². The molecule has 0 amide bonds. The van der Waals surface area contributed by atoms with Crippen LogP contribution in [-0.2, 0) is 4.74 Å². The molecule has 6 nitrogen and oxygen atoms in total. The fraction of sp³-hybridized carbons (Fsp3) is 0.583. The normalized spacial score (nSPS) is 15.0. The third-order valence-electron chi connectivity index (χ3n) is 3.09. The summed E-state index contributed by atoms with van der Waals surface area (Å²) in [4.78, 5) is 8.22. The largest absolute Gasteiger partial charge is 0.381 e. The highest BCUT2D eigenvalue weighted by molar-refractivity contribution is 6.28. The van der Waals surface area contributed by atoms with Crippen molar-refractivity contribution in [2.45, 2.75) is 19.3 Å². The Balaban J connectivity index is 1.48. The number of aromatic nitrogens is 4. The number of anilines is 1. The fourth-order valence-corrected chi connectivity index (χ4v) is 2.03. The molecule has 0 aromatic carbocycles. The Hall–Kier alpha value is -1.40. The van der Waals surface area contributed by atoms with E-state index in [2.05, 4.69) is 25.5 Å². The summed E-state index contributed by atoms with van der Waals surface area (Å²) in [5.41, 5.74) is 0.646. The second-order valence-electron chi connectivity index (χ2n) is 4.77. The van der Waals surface area contributed by atoms with Gasteiger partial charge in [0.2, 0.25) is 5.28 Å². The number of hydrogen-bond donors (Lipinski definition) is 2. The molecule has 0 saturated heterocycles. The summed E-state index contributed by atoms with van der Waals surface area (Å²) < 4.78 is 5.57. The Bertz CT molecular complexity index is 554. The summed E-state index contributed by atoms with van der Waals surface area (Å²) >= 11 is 5.85. The lowest BCUT2D eigenvalue weighted by atomic mass is 10.3. The van der Waals surface area contributed by atoms with Crippen LogP contribution in [0.2, 0.25) is 5.28 Å². The third kappa shape index (κ3) is 3.33. The zero-order valence-electron chi connectivity index (χ0n) is 10.5. The van der Waals surface area contributed by atoms with Crippen LogP contribution in [0.25, 0.3) is 11.0 Å². The second-order valence-corrected chi connectivity index (χ2v) is 5.11. The van der Waals surface area contributed by atoms with Gasteiger partial charge in [0.05, 0.1) is 11.6 Å². The van der Waals surface area contributed by atoms with Gasteiger partial charge in [-0.3, -0.25) is 5.10 Å². The van der Waals surface area contributed by atoms with E-state index >= 15 is 0 Å². The van der Waals surface area contributed by atoms with Crippen LogP contribution in [0.4, 0.5) is 5.82 Å². The number of hydrogen-bond acceptors (Lipinski definition) is 5. The van der Waals surface area contributed by atoms with E-state index in [1.54, 1.807) is 6.20 Å². The molecule has 0 atom stereocenters. The third-order valence-corrected chi connectivity index (χ3v) is 3.26. The highest BCUT2D eigenvalue weighted by Gasteiger charge is 2.20. The highest BCUT2D eigenvalue weighted by Crippen LogP contribution is 2.28. The molecule has 1 fully saturated rings. The minimum atomic E-state index is 0.212. The van der Waals surface area contributed by atoms with Crippen molar-refractivity contribution >= 4 is 28.5 Å². The lowest BCUT2D eigenvalue weighted by Crippen LogP contribution is -2.08. The van der Waals surface area contributed by atoms with Gasteiger partial charge in [0.15, 0.2) is 5.65 Å². The number of H-pyrrole nitrogens is 1. The minimum absolute atomic E-state index is 0.212. The van der Waals surface area contributed by atoms with E-state index in [0.717, 1.165) is 37.5 Å². The molecular formula is C12H16ClN5O. The van der Waals surface area contributed by atoms with E-state index in [-0.39, 0.29) is 5.28 Å². The number of fused-ring (bicyclic) bond motifs is 1. The summed E-state index contributed by atoms with van der Waals surface area (Å²) in [7, 11) is 0. The predicted molar refractivity (Wildman–Crippen MR) is 73.3 cm³/mol. The molecule has 0 radical (unpaired) electrons. The van der Waals surface area contributed by atoms with Gasteiger partial charge < -0.3 is 10.1 Å². The van der Waals surface area contributed by atoms with Gasteiger partial charge in [-0.15, -0.1) is 0 Å². The van der Waals surface area contributed by atoms with Gasteiger partial charge in [0.25, 0.3) is 0 Å². The SMILES string of the molecule is Clc1nc(NCCCOCC2CC2)c2cn[nH]c2n1. The van der Waals surface area contributed by atoms with Crippen LogP contribution in [0.15, 0.2) is 6.20 Å². The Labute approximate surface area is 115 Å². The molecule has 0 bridgehead atoms. The van der Waals surface area contributed by atoms with Crippen molar-refractivity contribution in [2.75, 3.05) is 25.1 Å². The average Bonchev–Trinajstić information content (AvgIpc) is 3.09. The molecule has 2 N–H and O–H groups in total. The molecule has 19 heavy (non-hydrogen) atoms. The van der Waals surface area contributed by atoms with Crippen LogP contribution < -0.4 is 5.32 Å². The molecule has 7 heteroatoms. The molecule has 3 rings (SSSR count). The van der Waals surface area contributed by atoms with E-state index in [0.29, 0.717) is 11.5 Å². The Morgan fingerprint density at radius 2 is 2.32 bits per heavy atom. The van der Waals surface area contributed by atoms with Crippen molar-refractivity contribution in [1.29, 1.82) is 0 Å². The van der Waals surface area contributed by atoms with E-state index in [1.165, 1.54) is 12.8 Å². The molecule has 2 aromatic rings. The van der Waals surface area contributed by atoms with Gasteiger partial charge >= 0.3 is 0 Å². The molecule has 2 aromatic heterocycles. The van der Waals surface area contributed by atoms with Crippen LogP contribution in [0, 0.1) is 5.92 Å². The van der Waals surface area contributed by atoms with E-state index in [4.69, 9.17) is 16.3 Å². The lowest BCUT2D eigenvalue weighted by Gasteiger charge is -2.07. The topological polar surface area (TPSA) is 75.7 Å². The summed E-state index contributed by atoms with van der Waals surface area (Å²) in [5, 5.41) is 11.0. The van der Waals surface area contributed by atoms with Crippen LogP contribution in [0.1, 0.15) is 19.3 Å². The first kappa shape index (κ1) is 12.6. The minimum Gasteiger partial charge on any atom is -0.381 e.